The van der Waals surface area contributed by atoms with E-state index in [-0.39, 0.29) is 12.2 Å². The van der Waals surface area contributed by atoms with Gasteiger partial charge in [0.2, 0.25) is 5.90 Å². The van der Waals surface area contributed by atoms with Crippen molar-refractivity contribution in [2.75, 3.05) is 0 Å². The van der Waals surface area contributed by atoms with Crippen molar-refractivity contribution in [1.29, 1.82) is 5.26 Å². The molecule has 1 aromatic heterocycles. The van der Waals surface area contributed by atoms with Crippen LogP contribution in [0.3, 0.4) is 0 Å². The number of aromatic nitrogens is 1. The average Bonchev–Trinajstić information content (AvgIpc) is 3.04. The molecule has 0 saturated heterocycles. The molecule has 5 heteroatoms. The summed E-state index contributed by atoms with van der Waals surface area (Å²) in [6.45, 7) is 4.13. The van der Waals surface area contributed by atoms with Gasteiger partial charge in [-0.25, -0.2) is 9.79 Å². The quantitative estimate of drug-likeness (QED) is 0.646. The maximum atomic E-state index is 12.0. The Morgan fingerprint density at radius 1 is 1.30 bits per heavy atom. The van der Waals surface area contributed by atoms with Crippen molar-refractivity contribution < 1.29 is 9.53 Å². The Bertz CT molecular complexity index is 868. The molecule has 5 nitrogen and oxygen atoms in total. The van der Waals surface area contributed by atoms with E-state index < -0.39 is 5.97 Å². The monoisotopic (exact) mass is 305 g/mol. The summed E-state index contributed by atoms with van der Waals surface area (Å²) in [6.07, 6.45) is 1.70. The van der Waals surface area contributed by atoms with Crippen molar-refractivity contribution in [3.8, 4) is 6.07 Å². The van der Waals surface area contributed by atoms with Crippen molar-refractivity contribution in [2.45, 2.75) is 20.4 Å². The van der Waals surface area contributed by atoms with Gasteiger partial charge >= 0.3 is 5.97 Å². The van der Waals surface area contributed by atoms with Crippen LogP contribution in [0.5, 0.6) is 0 Å². The number of carbonyl (C=O) groups is 1. The summed E-state index contributed by atoms with van der Waals surface area (Å²) < 4.78 is 7.14. The lowest BCUT2D eigenvalue weighted by Crippen LogP contribution is -2.05. The zero-order valence-electron chi connectivity index (χ0n) is 12.9. The van der Waals surface area contributed by atoms with Crippen molar-refractivity contribution in [1.82, 2.24) is 4.57 Å². The van der Waals surface area contributed by atoms with Gasteiger partial charge in [-0.05, 0) is 43.7 Å². The zero-order chi connectivity index (χ0) is 16.4. The number of benzene rings is 1. The van der Waals surface area contributed by atoms with E-state index in [1.54, 1.807) is 6.08 Å². The Balaban J connectivity index is 1.97. The van der Waals surface area contributed by atoms with Gasteiger partial charge in [-0.15, -0.1) is 0 Å². The highest BCUT2D eigenvalue weighted by atomic mass is 16.6. The minimum Gasteiger partial charge on any atom is -0.402 e. The first kappa shape index (κ1) is 14.8. The number of rotatable bonds is 3. The Kier molecular flexibility index (Phi) is 3.82. The summed E-state index contributed by atoms with van der Waals surface area (Å²) >= 11 is 0. The SMILES string of the molecule is Cc1cc(/C=C2\N=C(c3ccccc3)OC2=O)c(C)n1CC#N. The molecule has 0 amide bonds. The number of aliphatic imine (C=N–C) groups is 1. The molecule has 0 saturated carbocycles. The van der Waals surface area contributed by atoms with Crippen LogP contribution in [-0.2, 0) is 16.1 Å². The highest BCUT2D eigenvalue weighted by Crippen LogP contribution is 2.22. The normalized spacial score (nSPS) is 15.4. The lowest BCUT2D eigenvalue weighted by atomic mass is 10.2. The number of esters is 1. The van der Waals surface area contributed by atoms with Crippen LogP contribution < -0.4 is 0 Å². The number of nitrogens with zero attached hydrogens (tertiary/aromatic N) is 3. The van der Waals surface area contributed by atoms with E-state index in [9.17, 15) is 4.79 Å². The van der Waals surface area contributed by atoms with Crippen LogP contribution in [0.1, 0.15) is 22.5 Å². The van der Waals surface area contributed by atoms with Crippen molar-refractivity contribution in [3.05, 3.63) is 64.6 Å². The lowest BCUT2D eigenvalue weighted by Gasteiger charge is -2.02. The molecule has 23 heavy (non-hydrogen) atoms. The van der Waals surface area contributed by atoms with Crippen LogP contribution in [0.2, 0.25) is 0 Å². The van der Waals surface area contributed by atoms with Gasteiger partial charge < -0.3 is 9.30 Å². The highest BCUT2D eigenvalue weighted by Gasteiger charge is 2.24. The molecular weight excluding hydrogens is 290 g/mol. The fraction of sp³-hybridized carbons (Fsp3) is 0.167. The molecule has 1 aliphatic heterocycles. The minimum atomic E-state index is -0.464. The maximum Gasteiger partial charge on any atom is 0.363 e. The third-order valence-electron chi connectivity index (χ3n) is 3.78. The lowest BCUT2D eigenvalue weighted by molar-refractivity contribution is -0.129. The van der Waals surface area contributed by atoms with Crippen LogP contribution >= 0.6 is 0 Å². The first-order chi connectivity index (χ1) is 11.1. The first-order valence-corrected chi connectivity index (χ1v) is 7.22. The number of hydrogen-bond acceptors (Lipinski definition) is 4. The number of hydrogen-bond donors (Lipinski definition) is 0. The highest BCUT2D eigenvalue weighted by molar-refractivity contribution is 6.12. The van der Waals surface area contributed by atoms with Crippen molar-refractivity contribution >= 4 is 17.9 Å². The molecule has 0 bridgehead atoms. The molecule has 3 rings (SSSR count). The van der Waals surface area contributed by atoms with E-state index in [2.05, 4.69) is 11.1 Å². The predicted molar refractivity (Wildman–Crippen MR) is 86.6 cm³/mol. The van der Waals surface area contributed by atoms with Gasteiger partial charge in [0, 0.05) is 17.0 Å². The van der Waals surface area contributed by atoms with E-state index >= 15 is 0 Å². The number of aryl methyl sites for hydroxylation is 1. The Hall–Kier alpha value is -3.13. The third kappa shape index (κ3) is 2.79. The van der Waals surface area contributed by atoms with E-state index in [4.69, 9.17) is 10.00 Å². The van der Waals surface area contributed by atoms with Crippen LogP contribution in [0.15, 0.2) is 47.1 Å². The summed E-state index contributed by atoms with van der Waals surface area (Å²) in [4.78, 5) is 16.3. The van der Waals surface area contributed by atoms with E-state index in [1.165, 1.54) is 0 Å². The topological polar surface area (TPSA) is 67.4 Å². The van der Waals surface area contributed by atoms with Gasteiger partial charge in [0.25, 0.3) is 0 Å². The molecule has 1 aliphatic rings. The fourth-order valence-corrected chi connectivity index (χ4v) is 2.55. The predicted octanol–water partition coefficient (Wildman–Crippen LogP) is 2.97. The van der Waals surface area contributed by atoms with Gasteiger partial charge in [-0.2, -0.15) is 5.26 Å². The molecule has 2 aromatic rings. The first-order valence-electron chi connectivity index (χ1n) is 7.22. The second-order valence-electron chi connectivity index (χ2n) is 5.27. The number of nitriles is 1. The minimum absolute atomic E-state index is 0.265. The summed E-state index contributed by atoms with van der Waals surface area (Å²) in [5.41, 5.74) is 3.78. The molecule has 0 aliphatic carbocycles. The van der Waals surface area contributed by atoms with Crippen molar-refractivity contribution in [2.24, 2.45) is 4.99 Å². The number of carbonyl (C=O) groups excluding carboxylic acids is 1. The molecule has 0 fully saturated rings. The van der Waals surface area contributed by atoms with Gasteiger partial charge in [-0.3, -0.25) is 0 Å². The maximum absolute atomic E-state index is 12.0. The number of cyclic esters (lactones) is 1. The number of ether oxygens (including phenoxy) is 1. The van der Waals surface area contributed by atoms with E-state index in [0.29, 0.717) is 5.90 Å². The van der Waals surface area contributed by atoms with Gasteiger partial charge in [0.05, 0.1) is 6.07 Å². The standard InChI is InChI=1S/C18H15N3O2/c1-12-10-15(13(2)21(12)9-8-19)11-16-18(22)23-17(20-16)14-6-4-3-5-7-14/h3-7,10-11H,9H2,1-2H3/b16-11-. The summed E-state index contributed by atoms with van der Waals surface area (Å²) in [5, 5.41) is 8.88. The summed E-state index contributed by atoms with van der Waals surface area (Å²) in [5.74, 6) is -0.151. The van der Waals surface area contributed by atoms with E-state index in [1.807, 2.05) is 54.8 Å². The van der Waals surface area contributed by atoms with Crippen LogP contribution in [0.4, 0.5) is 0 Å². The molecular formula is C18H15N3O2. The summed E-state index contributed by atoms with van der Waals surface area (Å²) in [7, 11) is 0. The molecule has 1 aromatic carbocycles. The smallest absolute Gasteiger partial charge is 0.363 e. The van der Waals surface area contributed by atoms with Crippen LogP contribution in [-0.4, -0.2) is 16.4 Å². The molecule has 0 unspecified atom stereocenters. The fourth-order valence-electron chi connectivity index (χ4n) is 2.55. The zero-order valence-corrected chi connectivity index (χ0v) is 12.9. The largest absolute Gasteiger partial charge is 0.402 e. The van der Waals surface area contributed by atoms with Gasteiger partial charge in [-0.1, -0.05) is 18.2 Å². The second-order valence-corrected chi connectivity index (χ2v) is 5.27. The Morgan fingerprint density at radius 2 is 2.04 bits per heavy atom. The van der Waals surface area contributed by atoms with E-state index in [0.717, 1.165) is 22.5 Å². The molecule has 0 spiro atoms. The molecule has 0 radical (unpaired) electrons. The molecule has 2 heterocycles. The van der Waals surface area contributed by atoms with Gasteiger partial charge in [0.1, 0.15) is 6.54 Å². The van der Waals surface area contributed by atoms with Crippen LogP contribution in [0.25, 0.3) is 6.08 Å². The molecule has 0 N–H and O–H groups in total. The Morgan fingerprint density at radius 3 is 2.74 bits per heavy atom. The molecule has 114 valence electrons. The summed E-state index contributed by atoms with van der Waals surface area (Å²) in [6, 6.07) is 13.4. The van der Waals surface area contributed by atoms with Crippen LogP contribution in [0, 0.1) is 25.2 Å². The average molecular weight is 305 g/mol. The second kappa shape index (κ2) is 5.93. The van der Waals surface area contributed by atoms with Crippen molar-refractivity contribution in [3.63, 3.8) is 0 Å². The van der Waals surface area contributed by atoms with Gasteiger partial charge in [0.15, 0.2) is 5.70 Å². The third-order valence-corrected chi connectivity index (χ3v) is 3.78. The molecule has 0 atom stereocenters. The Labute approximate surface area is 134 Å².